The second-order valence-corrected chi connectivity index (χ2v) is 7.38. The maximum absolute atomic E-state index is 12.9. The molecule has 0 aliphatic carbocycles. The van der Waals surface area contributed by atoms with Crippen molar-refractivity contribution in [3.05, 3.63) is 58.1 Å². The minimum atomic E-state index is -0.105. The number of fused-ring (bicyclic) bond motifs is 3. The Labute approximate surface area is 158 Å². The number of benzene rings is 2. The fourth-order valence-corrected chi connectivity index (χ4v) is 4.42. The van der Waals surface area contributed by atoms with Crippen LogP contribution in [-0.2, 0) is 11.2 Å². The van der Waals surface area contributed by atoms with Crippen molar-refractivity contribution >= 4 is 17.4 Å². The summed E-state index contributed by atoms with van der Waals surface area (Å²) in [6.07, 6.45) is 1.46. The number of ketones is 1. The van der Waals surface area contributed by atoms with E-state index in [4.69, 9.17) is 21.1 Å². The van der Waals surface area contributed by atoms with E-state index >= 15 is 0 Å². The van der Waals surface area contributed by atoms with Crippen LogP contribution in [0.15, 0.2) is 36.4 Å². The van der Waals surface area contributed by atoms with E-state index < -0.39 is 0 Å². The molecular weight excluding hydrogens is 350 g/mol. The normalized spacial score (nSPS) is 22.5. The number of carbonyl (C=O) groups is 1. The maximum Gasteiger partial charge on any atom is 0.161 e. The van der Waals surface area contributed by atoms with Crippen LogP contribution in [0.3, 0.4) is 0 Å². The molecule has 0 saturated carbocycles. The van der Waals surface area contributed by atoms with Crippen molar-refractivity contribution in [2.45, 2.75) is 24.8 Å². The first-order valence-electron chi connectivity index (χ1n) is 8.87. The predicted molar refractivity (Wildman–Crippen MR) is 101 cm³/mol. The largest absolute Gasteiger partial charge is 0.493 e. The van der Waals surface area contributed by atoms with E-state index in [1.54, 1.807) is 14.2 Å². The van der Waals surface area contributed by atoms with Gasteiger partial charge in [0.05, 0.1) is 20.1 Å². The van der Waals surface area contributed by atoms with Gasteiger partial charge in [-0.05, 0) is 47.4 Å². The van der Waals surface area contributed by atoms with Crippen LogP contribution in [0, 0.1) is 0 Å². The molecule has 0 bridgehead atoms. The number of Topliss-reactive ketones (excluding diaryl/α,β-unsaturated/α-hetero) is 1. The first-order chi connectivity index (χ1) is 12.6. The van der Waals surface area contributed by atoms with E-state index in [0.29, 0.717) is 11.4 Å². The molecular formula is C21H22ClNO3. The lowest BCUT2D eigenvalue weighted by atomic mass is 9.80. The number of hydrogen-bond donors (Lipinski definition) is 0. The summed E-state index contributed by atoms with van der Waals surface area (Å²) >= 11 is 6.13. The van der Waals surface area contributed by atoms with Crippen LogP contribution in [-0.4, -0.2) is 38.0 Å². The van der Waals surface area contributed by atoms with Crippen LogP contribution < -0.4 is 9.47 Å². The fourth-order valence-electron chi connectivity index (χ4n) is 4.22. The van der Waals surface area contributed by atoms with Gasteiger partial charge in [-0.15, -0.1) is 0 Å². The van der Waals surface area contributed by atoms with Crippen LogP contribution >= 0.6 is 11.6 Å². The van der Waals surface area contributed by atoms with Gasteiger partial charge >= 0.3 is 0 Å². The molecule has 2 aliphatic rings. The highest BCUT2D eigenvalue weighted by atomic mass is 35.5. The highest BCUT2D eigenvalue weighted by molar-refractivity contribution is 6.30. The van der Waals surface area contributed by atoms with Crippen LogP contribution in [0.2, 0.25) is 5.02 Å². The molecule has 4 nitrogen and oxygen atoms in total. The molecule has 2 atom stereocenters. The third-order valence-corrected chi connectivity index (χ3v) is 5.80. The van der Waals surface area contributed by atoms with Gasteiger partial charge in [0.2, 0.25) is 0 Å². The molecule has 2 unspecified atom stereocenters. The van der Waals surface area contributed by atoms with E-state index in [1.807, 2.05) is 30.3 Å². The molecule has 0 N–H and O–H groups in total. The summed E-state index contributed by atoms with van der Waals surface area (Å²) in [5.41, 5.74) is 3.45. The fraction of sp³-hybridized carbons (Fsp3) is 0.381. The molecule has 136 valence electrons. The molecule has 0 amide bonds. The van der Waals surface area contributed by atoms with Gasteiger partial charge < -0.3 is 9.47 Å². The van der Waals surface area contributed by atoms with E-state index in [0.717, 1.165) is 36.6 Å². The number of carbonyl (C=O) groups excluding carboxylic acids is 1. The molecule has 0 radical (unpaired) electrons. The monoisotopic (exact) mass is 371 g/mol. The number of halogens is 1. The van der Waals surface area contributed by atoms with Gasteiger partial charge in [-0.3, -0.25) is 9.69 Å². The summed E-state index contributed by atoms with van der Waals surface area (Å²) in [6, 6.07) is 11.9. The molecule has 1 saturated heterocycles. The average Bonchev–Trinajstić information content (AvgIpc) is 2.66. The average molecular weight is 372 g/mol. The summed E-state index contributed by atoms with van der Waals surface area (Å²) in [6.45, 7) is 1.68. The van der Waals surface area contributed by atoms with Crippen LogP contribution in [0.1, 0.15) is 35.1 Å². The van der Waals surface area contributed by atoms with Gasteiger partial charge in [-0.25, -0.2) is 0 Å². The van der Waals surface area contributed by atoms with E-state index in [-0.39, 0.29) is 17.7 Å². The van der Waals surface area contributed by atoms with Gasteiger partial charge in [-0.1, -0.05) is 23.7 Å². The van der Waals surface area contributed by atoms with Crippen molar-refractivity contribution in [3.8, 4) is 11.5 Å². The molecule has 0 spiro atoms. The number of rotatable bonds is 3. The molecule has 2 aromatic carbocycles. The van der Waals surface area contributed by atoms with Crippen molar-refractivity contribution in [1.29, 1.82) is 0 Å². The summed E-state index contributed by atoms with van der Waals surface area (Å²) in [5, 5.41) is 0.679. The van der Waals surface area contributed by atoms with E-state index in [2.05, 4.69) is 11.0 Å². The first kappa shape index (κ1) is 17.4. The molecule has 4 rings (SSSR count). The molecule has 5 heteroatoms. The quantitative estimate of drug-likeness (QED) is 0.817. The van der Waals surface area contributed by atoms with Crippen LogP contribution in [0.4, 0.5) is 0 Å². The van der Waals surface area contributed by atoms with Gasteiger partial charge in [0, 0.05) is 30.6 Å². The van der Waals surface area contributed by atoms with Crippen molar-refractivity contribution in [2.75, 3.05) is 27.3 Å². The smallest absolute Gasteiger partial charge is 0.161 e. The lowest BCUT2D eigenvalue weighted by molar-refractivity contribution is -0.125. The molecule has 26 heavy (non-hydrogen) atoms. The van der Waals surface area contributed by atoms with Gasteiger partial charge in [0.1, 0.15) is 5.78 Å². The second-order valence-electron chi connectivity index (χ2n) is 6.94. The third kappa shape index (κ3) is 2.97. The van der Waals surface area contributed by atoms with Gasteiger partial charge in [0.15, 0.2) is 11.5 Å². The Bertz CT molecular complexity index is 851. The number of methoxy groups -OCH3 is 2. The van der Waals surface area contributed by atoms with Crippen molar-refractivity contribution in [2.24, 2.45) is 0 Å². The molecule has 2 aliphatic heterocycles. The summed E-state index contributed by atoms with van der Waals surface area (Å²) in [5.74, 6) is 1.64. The van der Waals surface area contributed by atoms with Crippen molar-refractivity contribution in [3.63, 3.8) is 0 Å². The second kappa shape index (κ2) is 6.93. The Morgan fingerprint density at radius 2 is 1.88 bits per heavy atom. The van der Waals surface area contributed by atoms with Gasteiger partial charge in [-0.2, -0.15) is 0 Å². The first-order valence-corrected chi connectivity index (χ1v) is 9.25. The Kier molecular flexibility index (Phi) is 4.63. The topological polar surface area (TPSA) is 38.8 Å². The Morgan fingerprint density at radius 1 is 1.12 bits per heavy atom. The Morgan fingerprint density at radius 3 is 2.62 bits per heavy atom. The third-order valence-electron chi connectivity index (χ3n) is 5.56. The number of piperidine rings is 1. The van der Waals surface area contributed by atoms with Crippen LogP contribution in [0.5, 0.6) is 11.5 Å². The minimum absolute atomic E-state index is 0.105. The van der Waals surface area contributed by atoms with Crippen molar-refractivity contribution < 1.29 is 14.3 Å². The SMILES string of the molecule is COc1cc2c(cc1OC)C1CC(=O)C(c3cccc(Cl)c3)CN1CC2. The number of hydrogen-bond acceptors (Lipinski definition) is 4. The molecule has 1 fully saturated rings. The summed E-state index contributed by atoms with van der Waals surface area (Å²) < 4.78 is 10.9. The summed E-state index contributed by atoms with van der Waals surface area (Å²) in [7, 11) is 3.30. The predicted octanol–water partition coefficient (Wildman–Crippen LogP) is 4.01. The number of ether oxygens (including phenoxy) is 2. The lowest BCUT2D eigenvalue weighted by Crippen LogP contribution is -2.45. The lowest BCUT2D eigenvalue weighted by Gasteiger charge is -2.43. The number of nitrogens with zero attached hydrogens (tertiary/aromatic N) is 1. The Hall–Kier alpha value is -2.04. The maximum atomic E-state index is 12.9. The summed E-state index contributed by atoms with van der Waals surface area (Å²) in [4.78, 5) is 15.3. The molecule has 2 aromatic rings. The standard InChI is InChI=1S/C21H22ClNO3/c1-25-20-9-14-6-7-23-12-17(13-4-3-5-15(22)8-13)19(24)11-18(23)16(14)10-21(20)26-2/h3-5,8-10,17-18H,6-7,11-12H2,1-2H3. The van der Waals surface area contributed by atoms with E-state index in [1.165, 1.54) is 11.1 Å². The highest BCUT2D eigenvalue weighted by Crippen LogP contribution is 2.43. The van der Waals surface area contributed by atoms with Gasteiger partial charge in [0.25, 0.3) is 0 Å². The Balaban J connectivity index is 1.65. The zero-order valence-electron chi connectivity index (χ0n) is 15.0. The molecule has 0 aromatic heterocycles. The zero-order valence-corrected chi connectivity index (χ0v) is 15.8. The highest BCUT2D eigenvalue weighted by Gasteiger charge is 2.39. The van der Waals surface area contributed by atoms with Crippen molar-refractivity contribution in [1.82, 2.24) is 4.90 Å². The molecule has 2 heterocycles. The van der Waals surface area contributed by atoms with Crippen LogP contribution in [0.25, 0.3) is 0 Å². The van der Waals surface area contributed by atoms with E-state index in [9.17, 15) is 4.79 Å². The minimum Gasteiger partial charge on any atom is -0.493 e. The zero-order chi connectivity index (χ0) is 18.3.